The number of hydrogen-bond acceptors (Lipinski definition) is 2. The minimum Gasteiger partial charge on any atom is -0.362 e. The van der Waals surface area contributed by atoms with Crippen LogP contribution in [-0.2, 0) is 25.3 Å². The Hall–Kier alpha value is -2.92. The molecule has 0 saturated heterocycles. The summed E-state index contributed by atoms with van der Waals surface area (Å²) in [6, 6.07) is 21.6. The number of nitrogens with zero attached hydrogens (tertiary/aromatic N) is 1. The molecule has 0 aromatic heterocycles. The zero-order valence-corrected chi connectivity index (χ0v) is 21.3. The van der Waals surface area contributed by atoms with Crippen molar-refractivity contribution in [3.63, 3.8) is 0 Å². The molecule has 0 saturated carbocycles. The Morgan fingerprint density at radius 2 is 1.49 bits per heavy atom. The van der Waals surface area contributed by atoms with Gasteiger partial charge in [0.15, 0.2) is 0 Å². The van der Waals surface area contributed by atoms with E-state index >= 15 is 0 Å². The quantitative estimate of drug-likeness (QED) is 0.261. The van der Waals surface area contributed by atoms with E-state index in [-0.39, 0.29) is 11.4 Å². The summed E-state index contributed by atoms with van der Waals surface area (Å²) < 4.78 is 40.3. The van der Waals surface area contributed by atoms with E-state index in [4.69, 9.17) is 0 Å². The van der Waals surface area contributed by atoms with Crippen LogP contribution in [0.15, 0.2) is 89.8 Å². The van der Waals surface area contributed by atoms with E-state index in [9.17, 15) is 13.2 Å². The molecule has 3 aromatic rings. The molecule has 0 atom stereocenters. The van der Waals surface area contributed by atoms with Crippen molar-refractivity contribution in [2.24, 2.45) is 0 Å². The fourth-order valence-corrected chi connectivity index (χ4v) is 4.39. The Morgan fingerprint density at radius 1 is 0.914 bits per heavy atom. The smallest absolute Gasteiger partial charge is 0.270 e. The van der Waals surface area contributed by atoms with Gasteiger partial charge in [-0.25, -0.2) is 13.2 Å². The van der Waals surface area contributed by atoms with Crippen molar-refractivity contribution in [2.45, 2.75) is 46.1 Å². The lowest BCUT2D eigenvalue weighted by molar-refractivity contribution is 0.0175. The third-order valence-electron chi connectivity index (χ3n) is 5.96. The van der Waals surface area contributed by atoms with Crippen LogP contribution >= 0.6 is 11.8 Å². The number of allylic oxidation sites excluding steroid dienone is 1. The minimum atomic E-state index is -2.85. The number of benzene rings is 3. The molecule has 0 radical (unpaired) electrons. The van der Waals surface area contributed by atoms with Gasteiger partial charge >= 0.3 is 0 Å². The monoisotopic (exact) mass is 495 g/mol. The highest BCUT2D eigenvalue weighted by molar-refractivity contribution is 8.05. The van der Waals surface area contributed by atoms with Crippen LogP contribution in [0.2, 0.25) is 0 Å². The van der Waals surface area contributed by atoms with Crippen molar-refractivity contribution < 1.29 is 13.2 Å². The molecular weight excluding hydrogens is 463 g/mol. The topological polar surface area (TPSA) is 3.24 Å². The normalized spacial score (nSPS) is 12.0. The molecule has 3 aromatic carbocycles. The Bertz CT molecular complexity index is 1130. The summed E-state index contributed by atoms with van der Waals surface area (Å²) in [4.78, 5) is 2.22. The van der Waals surface area contributed by atoms with E-state index in [1.165, 1.54) is 47.2 Å². The van der Waals surface area contributed by atoms with Crippen molar-refractivity contribution in [1.29, 1.82) is 0 Å². The van der Waals surface area contributed by atoms with Gasteiger partial charge in [0.05, 0.1) is 5.03 Å². The van der Waals surface area contributed by atoms with E-state index in [2.05, 4.69) is 42.7 Å². The summed E-state index contributed by atoms with van der Waals surface area (Å²) >= 11 is 1.52. The van der Waals surface area contributed by atoms with Gasteiger partial charge in [-0.3, -0.25) is 0 Å². The molecule has 0 amide bonds. The zero-order chi connectivity index (χ0) is 25.4. The summed E-state index contributed by atoms with van der Waals surface area (Å²) in [7, 11) is 0. The van der Waals surface area contributed by atoms with Crippen LogP contribution in [0.25, 0.3) is 5.57 Å². The highest BCUT2D eigenvalue weighted by Crippen LogP contribution is 2.30. The molecule has 0 bridgehead atoms. The van der Waals surface area contributed by atoms with Gasteiger partial charge in [-0.15, -0.1) is 0 Å². The second-order valence-corrected chi connectivity index (χ2v) is 9.69. The van der Waals surface area contributed by atoms with E-state index < -0.39 is 5.92 Å². The zero-order valence-electron chi connectivity index (χ0n) is 20.5. The standard InChI is InChI=1S/C30H32F3NS/c1-5-24-6-8-26(9-7-24)20-34(19-18-25-10-16-29(31)17-11-25)23(3)35-21-22(2)27-12-14-28(15-13-27)30(4,32)33/h6-17,21H,3,5,18-20H2,1-2,4H3/b22-21+. The molecule has 0 aliphatic rings. The molecule has 1 nitrogen and oxygen atoms in total. The maximum absolute atomic E-state index is 13.5. The molecule has 0 aliphatic carbocycles. The second kappa shape index (κ2) is 12.2. The molecular formula is C30H32F3NS. The third-order valence-corrected chi connectivity index (χ3v) is 6.96. The molecule has 0 fully saturated rings. The number of aryl methyl sites for hydroxylation is 1. The molecule has 35 heavy (non-hydrogen) atoms. The average Bonchev–Trinajstić information content (AvgIpc) is 2.85. The maximum Gasteiger partial charge on any atom is 0.270 e. The van der Waals surface area contributed by atoms with Crippen LogP contribution in [0.1, 0.15) is 48.6 Å². The van der Waals surface area contributed by atoms with Crippen LogP contribution in [0.3, 0.4) is 0 Å². The minimum absolute atomic E-state index is 0.00664. The largest absolute Gasteiger partial charge is 0.362 e. The van der Waals surface area contributed by atoms with Crippen molar-refractivity contribution in [3.8, 4) is 0 Å². The summed E-state index contributed by atoms with van der Waals surface area (Å²) in [6.45, 7) is 10.8. The fourth-order valence-electron chi connectivity index (χ4n) is 3.63. The molecule has 3 rings (SSSR count). The van der Waals surface area contributed by atoms with Gasteiger partial charge in [-0.1, -0.05) is 85.9 Å². The predicted octanol–water partition coefficient (Wildman–Crippen LogP) is 8.81. The van der Waals surface area contributed by atoms with Crippen LogP contribution < -0.4 is 0 Å². The first kappa shape index (κ1) is 26.7. The van der Waals surface area contributed by atoms with Gasteiger partial charge in [0.2, 0.25) is 0 Å². The van der Waals surface area contributed by atoms with Gasteiger partial charge in [0, 0.05) is 25.6 Å². The highest BCUT2D eigenvalue weighted by Gasteiger charge is 2.23. The summed E-state index contributed by atoms with van der Waals surface area (Å²) in [5, 5.41) is 2.90. The molecule has 0 N–H and O–H groups in total. The molecule has 184 valence electrons. The van der Waals surface area contributed by atoms with Gasteiger partial charge in [-0.2, -0.15) is 0 Å². The van der Waals surface area contributed by atoms with E-state index in [0.717, 1.165) is 48.0 Å². The van der Waals surface area contributed by atoms with Crippen molar-refractivity contribution in [2.75, 3.05) is 6.54 Å². The molecule has 0 spiro atoms. The number of thioether (sulfide) groups is 1. The van der Waals surface area contributed by atoms with Crippen molar-refractivity contribution >= 4 is 17.3 Å². The Balaban J connectivity index is 1.71. The van der Waals surface area contributed by atoms with Crippen LogP contribution in [-0.4, -0.2) is 11.4 Å². The van der Waals surface area contributed by atoms with Gasteiger partial charge in [0.25, 0.3) is 5.92 Å². The molecule has 0 heterocycles. The summed E-state index contributed by atoms with van der Waals surface area (Å²) in [5.74, 6) is -3.09. The van der Waals surface area contributed by atoms with Gasteiger partial charge < -0.3 is 4.90 Å². The number of rotatable bonds is 11. The Labute approximate surface area is 211 Å². The van der Waals surface area contributed by atoms with Crippen LogP contribution in [0, 0.1) is 5.82 Å². The first-order valence-electron chi connectivity index (χ1n) is 11.7. The summed E-state index contributed by atoms with van der Waals surface area (Å²) in [6.07, 6.45) is 1.76. The number of alkyl halides is 2. The predicted molar refractivity (Wildman–Crippen MR) is 143 cm³/mol. The SMILES string of the molecule is C=C(S/C=C(\C)c1ccc(C(C)(F)F)cc1)N(CCc1ccc(F)cc1)Cc1ccc(CC)cc1. The van der Waals surface area contributed by atoms with E-state index in [0.29, 0.717) is 6.54 Å². The van der Waals surface area contributed by atoms with Crippen molar-refractivity contribution in [3.05, 3.63) is 123 Å². The molecule has 0 unspecified atom stereocenters. The lowest BCUT2D eigenvalue weighted by atomic mass is 10.0. The average molecular weight is 496 g/mol. The Morgan fingerprint density at radius 3 is 2.06 bits per heavy atom. The van der Waals surface area contributed by atoms with E-state index in [1.54, 1.807) is 12.1 Å². The molecule has 5 heteroatoms. The second-order valence-electron chi connectivity index (χ2n) is 8.75. The lowest BCUT2D eigenvalue weighted by Gasteiger charge is -2.26. The van der Waals surface area contributed by atoms with Crippen molar-refractivity contribution in [1.82, 2.24) is 4.90 Å². The lowest BCUT2D eigenvalue weighted by Crippen LogP contribution is -2.23. The fraction of sp³-hybridized carbons (Fsp3) is 0.267. The van der Waals surface area contributed by atoms with E-state index in [1.807, 2.05) is 24.5 Å². The summed E-state index contributed by atoms with van der Waals surface area (Å²) in [5.41, 5.74) is 5.44. The highest BCUT2D eigenvalue weighted by atomic mass is 32.2. The van der Waals surface area contributed by atoms with Gasteiger partial charge in [0.1, 0.15) is 5.82 Å². The first-order chi connectivity index (χ1) is 16.7. The number of halogens is 3. The van der Waals surface area contributed by atoms with Gasteiger partial charge in [-0.05, 0) is 65.1 Å². The van der Waals surface area contributed by atoms with Crippen LogP contribution in [0.5, 0.6) is 0 Å². The maximum atomic E-state index is 13.5. The number of hydrogen-bond donors (Lipinski definition) is 0. The molecule has 0 aliphatic heterocycles. The first-order valence-corrected chi connectivity index (χ1v) is 12.6. The Kier molecular flexibility index (Phi) is 9.27. The van der Waals surface area contributed by atoms with Crippen LogP contribution in [0.4, 0.5) is 13.2 Å². The third kappa shape index (κ3) is 8.07.